The first kappa shape index (κ1) is 8.25. The van der Waals surface area contributed by atoms with Gasteiger partial charge in [0.2, 0.25) is 0 Å². The first-order valence-electron chi connectivity index (χ1n) is 4.10. The van der Waals surface area contributed by atoms with Crippen molar-refractivity contribution < 1.29 is 5.11 Å². The summed E-state index contributed by atoms with van der Waals surface area (Å²) in [6, 6.07) is 0. The molecule has 13 heavy (non-hydrogen) atoms. The predicted molar refractivity (Wildman–Crippen MR) is 52.6 cm³/mol. The van der Waals surface area contributed by atoms with Crippen LogP contribution in [0.4, 0.5) is 0 Å². The van der Waals surface area contributed by atoms with Gasteiger partial charge in [-0.2, -0.15) is 0 Å². The quantitative estimate of drug-likeness (QED) is 0.549. The Morgan fingerprint density at radius 3 is 3.00 bits per heavy atom. The molecule has 0 bridgehead atoms. The third-order valence-corrected chi connectivity index (χ3v) is 2.17. The summed E-state index contributed by atoms with van der Waals surface area (Å²) in [5.41, 5.74) is 2.67. The Morgan fingerprint density at radius 1 is 1.54 bits per heavy atom. The van der Waals surface area contributed by atoms with Crippen molar-refractivity contribution >= 4 is 24.3 Å². The molecule has 2 rings (SSSR count). The molecular weight excluding hydrogens is 165 g/mol. The van der Waals surface area contributed by atoms with Gasteiger partial charge >= 0.3 is 0 Å². The summed E-state index contributed by atoms with van der Waals surface area (Å²) >= 11 is 0. The fraction of sp³-hybridized carbons (Fsp3) is 0.250. The minimum Gasteiger partial charge on any atom is -0.390 e. The highest BCUT2D eigenvalue weighted by Crippen LogP contribution is 2.11. The van der Waals surface area contributed by atoms with Crippen molar-refractivity contribution in [1.29, 1.82) is 0 Å². The number of hydrogen-bond donors (Lipinski definition) is 1. The van der Waals surface area contributed by atoms with Crippen LogP contribution in [0.15, 0.2) is 12.5 Å². The summed E-state index contributed by atoms with van der Waals surface area (Å²) in [5.74, 6) is 0. The van der Waals surface area contributed by atoms with Gasteiger partial charge in [-0.1, -0.05) is 5.46 Å². The molecule has 2 aromatic rings. The van der Waals surface area contributed by atoms with E-state index in [2.05, 4.69) is 9.97 Å². The second-order valence-corrected chi connectivity index (χ2v) is 3.10. The highest BCUT2D eigenvalue weighted by molar-refractivity contribution is 6.38. The molecule has 0 saturated heterocycles. The summed E-state index contributed by atoms with van der Waals surface area (Å²) in [5, 5.41) is 10.0. The van der Waals surface area contributed by atoms with Gasteiger partial charge in [0.15, 0.2) is 0 Å². The van der Waals surface area contributed by atoms with Crippen LogP contribution in [0.25, 0.3) is 11.0 Å². The zero-order valence-electron chi connectivity index (χ0n) is 7.65. The predicted octanol–water partition coefficient (Wildman–Crippen LogP) is -1.28. The van der Waals surface area contributed by atoms with Gasteiger partial charge in [-0.05, 0) is 6.20 Å². The fourth-order valence-electron chi connectivity index (χ4n) is 1.62. The average Bonchev–Trinajstić information content (AvgIpc) is 2.43. The van der Waals surface area contributed by atoms with Gasteiger partial charge in [0, 0.05) is 12.4 Å². The van der Waals surface area contributed by atoms with Gasteiger partial charge in [0.05, 0.1) is 12.3 Å². The lowest BCUT2D eigenvalue weighted by Crippen LogP contribution is -2.03. The van der Waals surface area contributed by atoms with Crippen molar-refractivity contribution in [3.05, 3.63) is 18.2 Å². The van der Waals surface area contributed by atoms with Crippen LogP contribution < -0.4 is 5.46 Å². The van der Waals surface area contributed by atoms with Gasteiger partial charge in [-0.3, -0.25) is 0 Å². The molecule has 0 atom stereocenters. The highest BCUT2D eigenvalue weighted by Gasteiger charge is 2.08. The van der Waals surface area contributed by atoms with Crippen LogP contribution in [-0.2, 0) is 13.7 Å². The van der Waals surface area contributed by atoms with E-state index < -0.39 is 0 Å². The molecule has 66 valence electrons. The Hall–Kier alpha value is -1.36. The van der Waals surface area contributed by atoms with E-state index in [9.17, 15) is 0 Å². The minimum absolute atomic E-state index is 0.0378. The number of aliphatic hydroxyl groups excluding tert-OH is 1. The monoisotopic (exact) mass is 175 g/mol. The number of rotatable bonds is 1. The fourth-order valence-corrected chi connectivity index (χ4v) is 1.62. The van der Waals surface area contributed by atoms with Gasteiger partial charge in [0.25, 0.3) is 0 Å². The van der Waals surface area contributed by atoms with E-state index in [0.717, 1.165) is 16.5 Å². The maximum Gasteiger partial charge on any atom is 0.142 e. The van der Waals surface area contributed by atoms with Crippen LogP contribution in [0, 0.1) is 0 Å². The van der Waals surface area contributed by atoms with Crippen molar-refractivity contribution in [3.63, 3.8) is 0 Å². The normalized spacial score (nSPS) is 10.9. The molecule has 2 heterocycles. The van der Waals surface area contributed by atoms with Gasteiger partial charge in [-0.25, -0.2) is 9.97 Å². The average molecular weight is 175 g/mol. The second-order valence-electron chi connectivity index (χ2n) is 3.10. The molecule has 4 nitrogen and oxygen atoms in total. The highest BCUT2D eigenvalue weighted by atomic mass is 16.3. The van der Waals surface area contributed by atoms with Crippen LogP contribution in [0.1, 0.15) is 5.69 Å². The maximum absolute atomic E-state index is 9.07. The molecule has 0 aliphatic carbocycles. The second kappa shape index (κ2) is 2.85. The number of aromatic nitrogens is 3. The molecule has 0 saturated carbocycles. The number of aliphatic hydroxyl groups is 1. The molecule has 0 radical (unpaired) electrons. The van der Waals surface area contributed by atoms with Gasteiger partial charge in [-0.15, -0.1) is 0 Å². The first-order chi connectivity index (χ1) is 6.24. The third-order valence-electron chi connectivity index (χ3n) is 2.17. The van der Waals surface area contributed by atoms with Crippen LogP contribution >= 0.6 is 0 Å². The Morgan fingerprint density at radius 2 is 2.31 bits per heavy atom. The van der Waals surface area contributed by atoms with Crippen molar-refractivity contribution in [3.8, 4) is 0 Å². The molecule has 0 aromatic carbocycles. The lowest BCUT2D eigenvalue weighted by atomic mass is 9.96. The Labute approximate surface area is 76.6 Å². The van der Waals surface area contributed by atoms with Gasteiger partial charge in [0.1, 0.15) is 19.8 Å². The van der Waals surface area contributed by atoms with E-state index in [0.29, 0.717) is 5.69 Å². The van der Waals surface area contributed by atoms with Crippen LogP contribution in [-0.4, -0.2) is 27.5 Å². The molecule has 5 heteroatoms. The SMILES string of the molecule is Bc1cn(C)c2ncnc(CO)c12. The van der Waals surface area contributed by atoms with E-state index in [-0.39, 0.29) is 6.61 Å². The summed E-state index contributed by atoms with van der Waals surface area (Å²) in [6.07, 6.45) is 3.46. The number of nitrogens with zero attached hydrogens (tertiary/aromatic N) is 3. The largest absolute Gasteiger partial charge is 0.390 e. The summed E-state index contributed by atoms with van der Waals surface area (Å²) in [7, 11) is 3.92. The lowest BCUT2D eigenvalue weighted by Gasteiger charge is -1.98. The molecule has 0 fully saturated rings. The van der Waals surface area contributed by atoms with E-state index >= 15 is 0 Å². The zero-order valence-corrected chi connectivity index (χ0v) is 7.65. The molecule has 0 amide bonds. The topological polar surface area (TPSA) is 50.9 Å². The van der Waals surface area contributed by atoms with E-state index in [1.54, 1.807) is 0 Å². The number of fused-ring (bicyclic) bond motifs is 1. The Kier molecular flexibility index (Phi) is 1.81. The van der Waals surface area contributed by atoms with Crippen LogP contribution in [0.2, 0.25) is 0 Å². The molecule has 0 aliphatic rings. The van der Waals surface area contributed by atoms with Crippen molar-refractivity contribution in [2.75, 3.05) is 0 Å². The summed E-state index contributed by atoms with van der Waals surface area (Å²) < 4.78 is 1.94. The van der Waals surface area contributed by atoms with Crippen LogP contribution in [0.5, 0.6) is 0 Å². The van der Waals surface area contributed by atoms with E-state index in [1.807, 2.05) is 25.7 Å². The summed E-state index contributed by atoms with van der Waals surface area (Å²) in [6.45, 7) is -0.0378. The first-order valence-corrected chi connectivity index (χ1v) is 4.10. The third kappa shape index (κ3) is 1.12. The Bertz CT molecular complexity index is 452. The number of aryl methyl sites for hydroxylation is 1. The minimum atomic E-state index is -0.0378. The lowest BCUT2D eigenvalue weighted by molar-refractivity contribution is 0.278. The van der Waals surface area contributed by atoms with Crippen molar-refractivity contribution in [2.45, 2.75) is 6.61 Å². The molecule has 1 N–H and O–H groups in total. The molecule has 0 aliphatic heterocycles. The standard InChI is InChI=1S/C8H10BN3O/c1-12-2-5(9)7-6(3-13)10-4-11-8(7)12/h2,4,13H,3,9H2,1H3. The molecule has 2 aromatic heterocycles. The van der Waals surface area contributed by atoms with Crippen LogP contribution in [0.3, 0.4) is 0 Å². The number of hydrogen-bond acceptors (Lipinski definition) is 3. The molecule has 0 unspecified atom stereocenters. The maximum atomic E-state index is 9.07. The van der Waals surface area contributed by atoms with Crippen molar-refractivity contribution in [1.82, 2.24) is 14.5 Å². The Balaban J connectivity index is 2.88. The van der Waals surface area contributed by atoms with Crippen molar-refractivity contribution in [2.24, 2.45) is 7.05 Å². The molecule has 0 spiro atoms. The van der Waals surface area contributed by atoms with E-state index in [4.69, 9.17) is 5.11 Å². The van der Waals surface area contributed by atoms with Gasteiger partial charge < -0.3 is 9.67 Å². The molecular formula is C8H10BN3O. The smallest absolute Gasteiger partial charge is 0.142 e. The summed E-state index contributed by atoms with van der Waals surface area (Å²) in [4.78, 5) is 8.18. The zero-order chi connectivity index (χ0) is 9.42. The van der Waals surface area contributed by atoms with E-state index in [1.165, 1.54) is 6.33 Å².